The Hall–Kier alpha value is -0.350. The van der Waals surface area contributed by atoms with E-state index in [-0.39, 0.29) is 0 Å². The first-order chi connectivity index (χ1) is 7.51. The molecule has 1 aromatic rings. The molecule has 4 heteroatoms. The van der Waals surface area contributed by atoms with E-state index >= 15 is 0 Å². The molecule has 1 heterocycles. The third kappa shape index (κ3) is 2.86. The average molecular weight is 288 g/mol. The summed E-state index contributed by atoms with van der Waals surface area (Å²) in [6.07, 6.45) is 2.39. The molecule has 0 unspecified atom stereocenters. The van der Waals surface area contributed by atoms with Crippen LogP contribution in [0.1, 0.15) is 38.1 Å². The minimum Gasteiger partial charge on any atom is -0.298 e. The van der Waals surface area contributed by atoms with Crippen LogP contribution in [0, 0.1) is 6.92 Å². The molecule has 0 aliphatic carbocycles. The maximum Gasteiger partial charge on any atom is 0.0739 e. The molecule has 0 aromatic carbocycles. The van der Waals surface area contributed by atoms with Gasteiger partial charge in [-0.3, -0.25) is 9.58 Å². The quantitative estimate of drug-likeness (QED) is 0.830. The summed E-state index contributed by atoms with van der Waals surface area (Å²) in [7, 11) is 4.19. The molecule has 3 nitrogen and oxygen atoms in total. The summed E-state index contributed by atoms with van der Waals surface area (Å²) in [5.74, 6) is 0. The van der Waals surface area contributed by atoms with Gasteiger partial charge in [0.25, 0.3) is 0 Å². The van der Waals surface area contributed by atoms with Crippen molar-refractivity contribution >= 4 is 15.9 Å². The fourth-order valence-electron chi connectivity index (χ4n) is 2.13. The van der Waals surface area contributed by atoms with Crippen molar-refractivity contribution in [3.8, 4) is 0 Å². The van der Waals surface area contributed by atoms with Crippen molar-refractivity contribution < 1.29 is 0 Å². The Morgan fingerprint density at radius 1 is 1.38 bits per heavy atom. The van der Waals surface area contributed by atoms with E-state index in [1.54, 1.807) is 0 Å². The maximum absolute atomic E-state index is 4.42. The van der Waals surface area contributed by atoms with Crippen LogP contribution in [0.3, 0.4) is 0 Å². The summed E-state index contributed by atoms with van der Waals surface area (Å²) >= 11 is 3.61. The summed E-state index contributed by atoms with van der Waals surface area (Å²) in [6.45, 7) is 7.47. The monoisotopic (exact) mass is 287 g/mol. The number of aryl methyl sites for hydroxylation is 2. The second kappa shape index (κ2) is 5.82. The predicted molar refractivity (Wildman–Crippen MR) is 71.5 cm³/mol. The predicted octanol–water partition coefficient (Wildman–Crippen LogP) is 3.11. The van der Waals surface area contributed by atoms with Crippen molar-refractivity contribution in [2.75, 3.05) is 7.05 Å². The molecule has 0 radical (unpaired) electrons. The molecule has 0 aliphatic heterocycles. The highest BCUT2D eigenvalue weighted by molar-refractivity contribution is 9.10. The molecule has 92 valence electrons. The lowest BCUT2D eigenvalue weighted by molar-refractivity contribution is 0.216. The van der Waals surface area contributed by atoms with Gasteiger partial charge < -0.3 is 0 Å². The number of aromatic nitrogens is 2. The van der Waals surface area contributed by atoms with E-state index in [4.69, 9.17) is 0 Å². The van der Waals surface area contributed by atoms with Gasteiger partial charge in [0.2, 0.25) is 0 Å². The van der Waals surface area contributed by atoms with Gasteiger partial charge in [0.05, 0.1) is 15.9 Å². The fourth-order valence-corrected chi connectivity index (χ4v) is 2.59. The zero-order valence-electron chi connectivity index (χ0n) is 10.9. The molecule has 0 atom stereocenters. The number of nitrogens with zero attached hydrogens (tertiary/aromatic N) is 3. The SMILES string of the molecule is CCC(CC)N(C)Cc1c(Br)c(C)nn1C. The Balaban J connectivity index is 2.80. The first kappa shape index (κ1) is 13.7. The Bertz CT molecular complexity index is 342. The van der Waals surface area contributed by atoms with Gasteiger partial charge in [-0.2, -0.15) is 5.10 Å². The number of hydrogen-bond acceptors (Lipinski definition) is 2. The number of halogens is 1. The first-order valence-corrected chi connectivity index (χ1v) is 6.68. The van der Waals surface area contributed by atoms with E-state index in [2.05, 4.69) is 46.8 Å². The summed E-state index contributed by atoms with van der Waals surface area (Å²) in [5, 5.41) is 4.42. The van der Waals surface area contributed by atoms with Crippen LogP contribution in [0.25, 0.3) is 0 Å². The van der Waals surface area contributed by atoms with E-state index in [0.717, 1.165) is 16.7 Å². The molecule has 0 amide bonds. The van der Waals surface area contributed by atoms with Gasteiger partial charge in [-0.1, -0.05) is 13.8 Å². The van der Waals surface area contributed by atoms with Crippen molar-refractivity contribution in [3.63, 3.8) is 0 Å². The molecule has 0 fully saturated rings. The molecule has 0 bridgehead atoms. The van der Waals surface area contributed by atoms with Gasteiger partial charge in [0.15, 0.2) is 0 Å². The molecule has 0 N–H and O–H groups in total. The second-order valence-corrected chi connectivity index (χ2v) is 5.15. The van der Waals surface area contributed by atoms with Crippen LogP contribution in [-0.2, 0) is 13.6 Å². The van der Waals surface area contributed by atoms with Crippen LogP contribution in [0.5, 0.6) is 0 Å². The topological polar surface area (TPSA) is 21.1 Å². The van der Waals surface area contributed by atoms with Crippen molar-refractivity contribution in [2.45, 2.75) is 46.2 Å². The van der Waals surface area contributed by atoms with Crippen molar-refractivity contribution in [1.82, 2.24) is 14.7 Å². The summed E-state index contributed by atoms with van der Waals surface area (Å²) in [6, 6.07) is 0.655. The normalized spacial score (nSPS) is 11.8. The van der Waals surface area contributed by atoms with Gasteiger partial charge in [0.1, 0.15) is 0 Å². The molecule has 0 aliphatic rings. The van der Waals surface area contributed by atoms with E-state index in [9.17, 15) is 0 Å². The Morgan fingerprint density at radius 3 is 2.31 bits per heavy atom. The van der Waals surface area contributed by atoms with E-state index in [1.165, 1.54) is 18.5 Å². The Kier molecular flexibility index (Phi) is 4.99. The molecule has 0 saturated carbocycles. The van der Waals surface area contributed by atoms with Crippen molar-refractivity contribution in [2.24, 2.45) is 7.05 Å². The lowest BCUT2D eigenvalue weighted by Crippen LogP contribution is -2.30. The summed E-state index contributed by atoms with van der Waals surface area (Å²) < 4.78 is 3.12. The molecular weight excluding hydrogens is 266 g/mol. The van der Waals surface area contributed by atoms with Crippen LogP contribution in [0.4, 0.5) is 0 Å². The highest BCUT2D eigenvalue weighted by Gasteiger charge is 2.16. The number of hydrogen-bond donors (Lipinski definition) is 0. The highest BCUT2D eigenvalue weighted by Crippen LogP contribution is 2.22. The largest absolute Gasteiger partial charge is 0.298 e. The number of rotatable bonds is 5. The van der Waals surface area contributed by atoms with Crippen LogP contribution >= 0.6 is 15.9 Å². The molecule has 0 saturated heterocycles. The Morgan fingerprint density at radius 2 is 1.94 bits per heavy atom. The van der Waals surface area contributed by atoms with Crippen LogP contribution in [-0.4, -0.2) is 27.8 Å². The van der Waals surface area contributed by atoms with E-state index < -0.39 is 0 Å². The van der Waals surface area contributed by atoms with Crippen molar-refractivity contribution in [3.05, 3.63) is 15.9 Å². The van der Waals surface area contributed by atoms with Gasteiger partial charge in [-0.15, -0.1) is 0 Å². The Labute approximate surface area is 107 Å². The zero-order valence-corrected chi connectivity index (χ0v) is 12.5. The van der Waals surface area contributed by atoms with Crippen LogP contribution in [0.15, 0.2) is 4.47 Å². The third-order valence-electron chi connectivity index (χ3n) is 3.23. The average Bonchev–Trinajstić information content (AvgIpc) is 2.47. The zero-order chi connectivity index (χ0) is 12.3. The summed E-state index contributed by atoms with van der Waals surface area (Å²) in [5.41, 5.74) is 2.32. The minimum absolute atomic E-state index is 0.655. The van der Waals surface area contributed by atoms with E-state index in [1.807, 2.05) is 18.7 Å². The molecule has 16 heavy (non-hydrogen) atoms. The molecule has 0 spiro atoms. The maximum atomic E-state index is 4.42. The third-order valence-corrected chi connectivity index (χ3v) is 4.26. The van der Waals surface area contributed by atoms with Gasteiger partial charge in [0, 0.05) is 19.6 Å². The highest BCUT2D eigenvalue weighted by atomic mass is 79.9. The van der Waals surface area contributed by atoms with E-state index in [0.29, 0.717) is 6.04 Å². The van der Waals surface area contributed by atoms with Gasteiger partial charge in [-0.05, 0) is 42.7 Å². The van der Waals surface area contributed by atoms with Gasteiger partial charge in [-0.25, -0.2) is 0 Å². The van der Waals surface area contributed by atoms with Crippen molar-refractivity contribution in [1.29, 1.82) is 0 Å². The van der Waals surface area contributed by atoms with Crippen LogP contribution < -0.4 is 0 Å². The lowest BCUT2D eigenvalue weighted by atomic mass is 10.1. The minimum atomic E-state index is 0.655. The molecular formula is C12H22BrN3. The first-order valence-electron chi connectivity index (χ1n) is 5.89. The van der Waals surface area contributed by atoms with Crippen LogP contribution in [0.2, 0.25) is 0 Å². The lowest BCUT2D eigenvalue weighted by Gasteiger charge is -2.26. The standard InChI is InChI=1S/C12H22BrN3/c1-6-10(7-2)15(4)8-11-12(13)9(3)14-16(11)5/h10H,6-8H2,1-5H3. The summed E-state index contributed by atoms with van der Waals surface area (Å²) in [4.78, 5) is 2.40. The van der Waals surface area contributed by atoms with Gasteiger partial charge >= 0.3 is 0 Å². The smallest absolute Gasteiger partial charge is 0.0739 e. The second-order valence-electron chi connectivity index (χ2n) is 4.36. The fraction of sp³-hybridized carbons (Fsp3) is 0.750. The molecule has 1 rings (SSSR count). The molecule has 1 aromatic heterocycles.